The topological polar surface area (TPSA) is 89.4 Å². The fourth-order valence-corrected chi connectivity index (χ4v) is 2.13. The van der Waals surface area contributed by atoms with Gasteiger partial charge in [0, 0.05) is 24.2 Å². The molecule has 0 unspecified atom stereocenters. The molecule has 0 spiro atoms. The van der Waals surface area contributed by atoms with Gasteiger partial charge in [-0.25, -0.2) is 0 Å². The Morgan fingerprint density at radius 3 is 2.12 bits per heavy atom. The third kappa shape index (κ3) is 2.85. The molecule has 2 rings (SSSR count). The van der Waals surface area contributed by atoms with Crippen LogP contribution in [0.15, 0.2) is 47.4 Å². The van der Waals surface area contributed by atoms with E-state index in [4.69, 9.17) is 4.55 Å². The zero-order valence-electron chi connectivity index (χ0n) is 8.92. The summed E-state index contributed by atoms with van der Waals surface area (Å²) in [4.78, 5) is -0.0457. The number of hydrogen-bond acceptors (Lipinski definition) is 3. The molecular formula is C10H11LiNO3S. The molecule has 81 valence electrons. The number of fused-ring (bicyclic) bond motifs is 1. The molecule has 0 aliphatic rings. The standard InChI is InChI=1S/C10H8O3S.Li.H3N/c11-14(12,13)10-7-3-5-8-4-1-2-6-9(8)10;;/h1-7H,(H,11,12,13);;1H3. The Labute approximate surface area is 106 Å². The van der Waals surface area contributed by atoms with Crippen molar-refractivity contribution >= 4 is 39.8 Å². The quantitative estimate of drug-likeness (QED) is 0.580. The smallest absolute Gasteiger partial charge is 0.295 e. The number of rotatable bonds is 1. The zero-order valence-corrected chi connectivity index (χ0v) is 9.74. The minimum atomic E-state index is -4.13. The molecule has 0 saturated heterocycles. The summed E-state index contributed by atoms with van der Waals surface area (Å²) < 4.78 is 31.0. The van der Waals surface area contributed by atoms with E-state index in [9.17, 15) is 8.42 Å². The van der Waals surface area contributed by atoms with Crippen molar-refractivity contribution in [3.63, 3.8) is 0 Å². The van der Waals surface area contributed by atoms with Crippen LogP contribution in [0.1, 0.15) is 0 Å². The molecule has 0 bridgehead atoms. The van der Waals surface area contributed by atoms with E-state index < -0.39 is 10.1 Å². The van der Waals surface area contributed by atoms with Crippen LogP contribution in [0.2, 0.25) is 0 Å². The Morgan fingerprint density at radius 2 is 1.50 bits per heavy atom. The average molecular weight is 232 g/mol. The predicted octanol–water partition coefficient (Wildman–Crippen LogP) is 1.87. The van der Waals surface area contributed by atoms with Crippen molar-refractivity contribution in [1.82, 2.24) is 6.15 Å². The van der Waals surface area contributed by atoms with Crippen LogP contribution in [-0.2, 0) is 10.1 Å². The van der Waals surface area contributed by atoms with Crippen LogP contribution in [0.5, 0.6) is 0 Å². The van der Waals surface area contributed by atoms with Crippen molar-refractivity contribution in [2.75, 3.05) is 0 Å². The van der Waals surface area contributed by atoms with E-state index in [1.54, 1.807) is 30.3 Å². The van der Waals surface area contributed by atoms with Crippen LogP contribution in [-0.4, -0.2) is 31.8 Å². The Bertz CT molecular complexity index is 578. The molecule has 0 fully saturated rings. The molecule has 0 atom stereocenters. The SMILES string of the molecule is N.O=S(=O)(O)c1cccc2ccccc12.[Li]. The predicted molar refractivity (Wildman–Crippen MR) is 64.5 cm³/mol. The Balaban J connectivity index is 0.00000112. The van der Waals surface area contributed by atoms with Gasteiger partial charge in [-0.05, 0) is 11.5 Å². The first kappa shape index (κ1) is 15.2. The molecule has 1 radical (unpaired) electrons. The maximum Gasteiger partial charge on any atom is 0.295 e. The van der Waals surface area contributed by atoms with Gasteiger partial charge in [-0.15, -0.1) is 0 Å². The minimum Gasteiger partial charge on any atom is -0.344 e. The zero-order chi connectivity index (χ0) is 10.2. The largest absolute Gasteiger partial charge is 0.344 e. The summed E-state index contributed by atoms with van der Waals surface area (Å²) in [5.74, 6) is 0. The van der Waals surface area contributed by atoms with E-state index >= 15 is 0 Å². The van der Waals surface area contributed by atoms with Gasteiger partial charge in [0.15, 0.2) is 0 Å². The Morgan fingerprint density at radius 1 is 0.938 bits per heavy atom. The third-order valence-corrected chi connectivity index (χ3v) is 2.94. The van der Waals surface area contributed by atoms with Crippen molar-refractivity contribution in [3.05, 3.63) is 42.5 Å². The minimum absolute atomic E-state index is 0. The molecular weight excluding hydrogens is 221 g/mol. The molecule has 0 aliphatic carbocycles. The van der Waals surface area contributed by atoms with Crippen molar-refractivity contribution in [2.24, 2.45) is 0 Å². The maximum absolute atomic E-state index is 11.0. The molecule has 0 saturated carbocycles. The normalized spacial score (nSPS) is 10.3. The summed E-state index contributed by atoms with van der Waals surface area (Å²) in [6, 6.07) is 11.8. The van der Waals surface area contributed by atoms with E-state index in [2.05, 4.69) is 0 Å². The molecule has 0 amide bonds. The van der Waals surface area contributed by atoms with Crippen LogP contribution in [0.3, 0.4) is 0 Å². The summed E-state index contributed by atoms with van der Waals surface area (Å²) in [5, 5.41) is 1.33. The van der Waals surface area contributed by atoms with Gasteiger partial charge in [0.1, 0.15) is 4.90 Å². The molecule has 4 N–H and O–H groups in total. The van der Waals surface area contributed by atoms with E-state index in [0.717, 1.165) is 5.39 Å². The molecule has 0 aliphatic heterocycles. The van der Waals surface area contributed by atoms with Crippen LogP contribution in [0.4, 0.5) is 0 Å². The third-order valence-electron chi connectivity index (χ3n) is 2.03. The Hall–Kier alpha value is -0.833. The fraction of sp³-hybridized carbons (Fsp3) is 0. The van der Waals surface area contributed by atoms with Gasteiger partial charge < -0.3 is 6.15 Å². The average Bonchev–Trinajstić information content (AvgIpc) is 2.15. The van der Waals surface area contributed by atoms with Crippen molar-refractivity contribution < 1.29 is 13.0 Å². The van der Waals surface area contributed by atoms with Gasteiger partial charge in [-0.1, -0.05) is 36.4 Å². The van der Waals surface area contributed by atoms with E-state index in [0.29, 0.717) is 5.39 Å². The monoisotopic (exact) mass is 232 g/mol. The molecule has 16 heavy (non-hydrogen) atoms. The van der Waals surface area contributed by atoms with Crippen LogP contribution in [0.25, 0.3) is 10.8 Å². The molecule has 0 aromatic heterocycles. The van der Waals surface area contributed by atoms with Gasteiger partial charge in [-0.3, -0.25) is 4.55 Å². The van der Waals surface area contributed by atoms with Crippen molar-refractivity contribution in [2.45, 2.75) is 4.90 Å². The molecule has 0 heterocycles. The van der Waals surface area contributed by atoms with Gasteiger partial charge in [0.05, 0.1) is 0 Å². The summed E-state index contributed by atoms with van der Waals surface area (Å²) in [6.07, 6.45) is 0. The van der Waals surface area contributed by atoms with Crippen LogP contribution < -0.4 is 6.15 Å². The summed E-state index contributed by atoms with van der Waals surface area (Å²) in [7, 11) is -4.13. The van der Waals surface area contributed by atoms with Gasteiger partial charge >= 0.3 is 0 Å². The summed E-state index contributed by atoms with van der Waals surface area (Å²) >= 11 is 0. The second kappa shape index (κ2) is 5.48. The molecule has 4 nitrogen and oxygen atoms in total. The molecule has 2 aromatic carbocycles. The first-order valence-electron chi connectivity index (χ1n) is 4.04. The first-order valence-corrected chi connectivity index (χ1v) is 5.48. The summed E-state index contributed by atoms with van der Waals surface area (Å²) in [6.45, 7) is 0. The van der Waals surface area contributed by atoms with Crippen molar-refractivity contribution in [3.8, 4) is 0 Å². The van der Waals surface area contributed by atoms with Gasteiger partial charge in [-0.2, -0.15) is 8.42 Å². The second-order valence-electron chi connectivity index (χ2n) is 2.95. The second-order valence-corrected chi connectivity index (χ2v) is 4.34. The molecule has 6 heteroatoms. The molecule has 2 aromatic rings. The van der Waals surface area contributed by atoms with E-state index in [-0.39, 0.29) is 29.9 Å². The Kier molecular flexibility index (Phi) is 5.20. The van der Waals surface area contributed by atoms with Crippen LogP contribution in [0, 0.1) is 0 Å². The fourth-order valence-electron chi connectivity index (χ4n) is 1.42. The van der Waals surface area contributed by atoms with Gasteiger partial charge in [0.2, 0.25) is 0 Å². The van der Waals surface area contributed by atoms with Gasteiger partial charge in [0.25, 0.3) is 10.1 Å². The number of hydrogen-bond donors (Lipinski definition) is 2. The summed E-state index contributed by atoms with van der Waals surface area (Å²) in [5.41, 5.74) is 0. The van der Waals surface area contributed by atoms with E-state index in [1.807, 2.05) is 6.07 Å². The number of benzene rings is 2. The van der Waals surface area contributed by atoms with E-state index in [1.165, 1.54) is 6.07 Å². The van der Waals surface area contributed by atoms with Crippen LogP contribution >= 0.6 is 0 Å². The first-order chi connectivity index (χ1) is 6.59. The maximum atomic E-state index is 11.0. The van der Waals surface area contributed by atoms with Crippen molar-refractivity contribution in [1.29, 1.82) is 0 Å².